The first-order chi connectivity index (χ1) is 7.15. The Kier molecular flexibility index (Phi) is 4.72. The maximum atomic E-state index is 13.3. The van der Waals surface area contributed by atoms with Crippen LogP contribution in [0.15, 0.2) is 24.3 Å². The van der Waals surface area contributed by atoms with Gasteiger partial charge < -0.3 is 10.5 Å². The molecule has 1 aromatic carbocycles. The minimum absolute atomic E-state index is 0.169. The molecule has 0 heterocycles. The monoisotopic (exact) mass is 211 g/mol. The number of hydrogen-bond donors (Lipinski definition) is 1. The van der Waals surface area contributed by atoms with E-state index in [-0.39, 0.29) is 18.0 Å². The van der Waals surface area contributed by atoms with Crippen molar-refractivity contribution in [1.29, 1.82) is 0 Å². The zero-order chi connectivity index (χ0) is 11.3. The van der Waals surface area contributed by atoms with Crippen LogP contribution in [0.4, 0.5) is 4.39 Å². The van der Waals surface area contributed by atoms with E-state index in [2.05, 4.69) is 0 Å². The second kappa shape index (κ2) is 5.83. The second-order valence-corrected chi connectivity index (χ2v) is 3.68. The van der Waals surface area contributed by atoms with Gasteiger partial charge >= 0.3 is 0 Å². The maximum absolute atomic E-state index is 13.3. The predicted octanol–water partition coefficient (Wildman–Crippen LogP) is 2.64. The summed E-state index contributed by atoms with van der Waals surface area (Å²) in [5, 5.41) is 0. The Morgan fingerprint density at radius 1 is 1.40 bits per heavy atom. The van der Waals surface area contributed by atoms with E-state index >= 15 is 0 Å². The van der Waals surface area contributed by atoms with Crippen molar-refractivity contribution in [2.24, 2.45) is 5.73 Å². The second-order valence-electron chi connectivity index (χ2n) is 3.68. The van der Waals surface area contributed by atoms with Crippen LogP contribution in [0.2, 0.25) is 0 Å². The molecule has 0 aliphatic rings. The van der Waals surface area contributed by atoms with Gasteiger partial charge in [0.15, 0.2) is 0 Å². The van der Waals surface area contributed by atoms with Crippen LogP contribution < -0.4 is 5.73 Å². The minimum atomic E-state index is -0.389. The van der Waals surface area contributed by atoms with E-state index in [4.69, 9.17) is 10.5 Å². The van der Waals surface area contributed by atoms with Crippen LogP contribution in [-0.2, 0) is 4.74 Å². The highest BCUT2D eigenvalue weighted by Gasteiger charge is 2.11. The van der Waals surface area contributed by atoms with E-state index in [9.17, 15) is 4.39 Å². The topological polar surface area (TPSA) is 35.2 Å². The Morgan fingerprint density at radius 3 is 2.67 bits per heavy atom. The fourth-order valence-electron chi connectivity index (χ4n) is 1.25. The lowest BCUT2D eigenvalue weighted by atomic mass is 10.1. The highest BCUT2D eigenvalue weighted by Crippen LogP contribution is 2.15. The van der Waals surface area contributed by atoms with Gasteiger partial charge in [-0.1, -0.05) is 25.1 Å². The normalized spacial score (nSPS) is 14.9. The molecule has 0 saturated carbocycles. The van der Waals surface area contributed by atoms with E-state index in [1.165, 1.54) is 6.07 Å². The molecule has 3 heteroatoms. The Balaban J connectivity index is 2.54. The summed E-state index contributed by atoms with van der Waals surface area (Å²) in [6.07, 6.45) is 1.10. The maximum Gasteiger partial charge on any atom is 0.128 e. The van der Waals surface area contributed by atoms with Crippen molar-refractivity contribution in [3.63, 3.8) is 0 Å². The van der Waals surface area contributed by atoms with Crippen LogP contribution in [0, 0.1) is 5.82 Å². The quantitative estimate of drug-likeness (QED) is 0.812. The molecule has 2 N–H and O–H groups in total. The number of nitrogens with two attached hydrogens (primary N) is 1. The van der Waals surface area contributed by atoms with Gasteiger partial charge in [0.05, 0.1) is 18.8 Å². The van der Waals surface area contributed by atoms with E-state index in [0.29, 0.717) is 12.2 Å². The SMILES string of the molecule is CCC(C)OCC(N)c1ccccc1F. The Labute approximate surface area is 90.2 Å². The van der Waals surface area contributed by atoms with E-state index in [1.54, 1.807) is 18.2 Å². The summed E-state index contributed by atoms with van der Waals surface area (Å²) in [6, 6.07) is 6.15. The van der Waals surface area contributed by atoms with E-state index in [1.807, 2.05) is 13.8 Å². The van der Waals surface area contributed by atoms with Gasteiger partial charge in [-0.05, 0) is 19.4 Å². The van der Waals surface area contributed by atoms with E-state index in [0.717, 1.165) is 6.42 Å². The van der Waals surface area contributed by atoms with E-state index < -0.39 is 0 Å². The summed E-state index contributed by atoms with van der Waals surface area (Å²) in [5.74, 6) is -0.266. The van der Waals surface area contributed by atoms with Crippen LogP contribution in [0.5, 0.6) is 0 Å². The zero-order valence-electron chi connectivity index (χ0n) is 9.24. The van der Waals surface area contributed by atoms with Gasteiger partial charge in [0.25, 0.3) is 0 Å². The molecule has 2 unspecified atom stereocenters. The summed E-state index contributed by atoms with van der Waals surface area (Å²) >= 11 is 0. The molecule has 2 nitrogen and oxygen atoms in total. The number of rotatable bonds is 5. The van der Waals surface area contributed by atoms with Gasteiger partial charge in [0, 0.05) is 5.56 Å². The molecule has 0 saturated heterocycles. The van der Waals surface area contributed by atoms with Crippen LogP contribution in [0.3, 0.4) is 0 Å². The molecule has 0 aromatic heterocycles. The van der Waals surface area contributed by atoms with Gasteiger partial charge in [-0.25, -0.2) is 4.39 Å². The lowest BCUT2D eigenvalue weighted by Crippen LogP contribution is -2.21. The average Bonchev–Trinajstić information content (AvgIpc) is 2.26. The standard InChI is InChI=1S/C12H18FNO/c1-3-9(2)15-8-12(14)10-6-4-5-7-11(10)13/h4-7,9,12H,3,8,14H2,1-2H3. The van der Waals surface area contributed by atoms with Crippen LogP contribution in [0.25, 0.3) is 0 Å². The molecular weight excluding hydrogens is 193 g/mol. The zero-order valence-corrected chi connectivity index (χ0v) is 9.24. The van der Waals surface area contributed by atoms with Gasteiger partial charge in [-0.2, -0.15) is 0 Å². The third kappa shape index (κ3) is 3.61. The first-order valence-electron chi connectivity index (χ1n) is 5.26. The summed E-state index contributed by atoms with van der Waals surface area (Å²) in [6.45, 7) is 4.38. The Hall–Kier alpha value is -0.930. The van der Waals surface area contributed by atoms with Crippen molar-refractivity contribution in [3.05, 3.63) is 35.6 Å². The molecule has 0 fully saturated rings. The predicted molar refractivity (Wildman–Crippen MR) is 59.0 cm³/mol. The summed E-state index contributed by atoms with van der Waals surface area (Å²) in [7, 11) is 0. The smallest absolute Gasteiger partial charge is 0.128 e. The molecule has 0 radical (unpaired) electrons. The average molecular weight is 211 g/mol. The highest BCUT2D eigenvalue weighted by molar-refractivity contribution is 5.20. The van der Waals surface area contributed by atoms with Crippen molar-refractivity contribution in [1.82, 2.24) is 0 Å². The van der Waals surface area contributed by atoms with Gasteiger partial charge in [0.2, 0.25) is 0 Å². The third-order valence-electron chi connectivity index (χ3n) is 2.44. The van der Waals surface area contributed by atoms with Crippen LogP contribution in [0.1, 0.15) is 31.9 Å². The molecule has 1 rings (SSSR count). The summed E-state index contributed by atoms with van der Waals surface area (Å²) < 4.78 is 18.8. The van der Waals surface area contributed by atoms with Crippen LogP contribution >= 0.6 is 0 Å². The molecule has 0 aliphatic heterocycles. The molecule has 84 valence electrons. The molecule has 1 aromatic rings. The van der Waals surface area contributed by atoms with Crippen LogP contribution in [-0.4, -0.2) is 12.7 Å². The molecule has 0 amide bonds. The molecule has 0 aliphatic carbocycles. The fourth-order valence-corrected chi connectivity index (χ4v) is 1.25. The Bertz CT molecular complexity index is 303. The number of benzene rings is 1. The third-order valence-corrected chi connectivity index (χ3v) is 2.44. The van der Waals surface area contributed by atoms with Gasteiger partial charge in [-0.3, -0.25) is 0 Å². The first-order valence-corrected chi connectivity index (χ1v) is 5.26. The van der Waals surface area contributed by atoms with Crippen molar-refractivity contribution in [2.75, 3.05) is 6.61 Å². The van der Waals surface area contributed by atoms with Gasteiger partial charge in [0.1, 0.15) is 5.82 Å². The Morgan fingerprint density at radius 2 is 2.07 bits per heavy atom. The number of ether oxygens (including phenoxy) is 1. The highest BCUT2D eigenvalue weighted by atomic mass is 19.1. The van der Waals surface area contributed by atoms with Crippen molar-refractivity contribution >= 4 is 0 Å². The number of halogens is 1. The van der Waals surface area contributed by atoms with Crippen molar-refractivity contribution in [3.8, 4) is 0 Å². The molecular formula is C12H18FNO. The molecule has 15 heavy (non-hydrogen) atoms. The minimum Gasteiger partial charge on any atom is -0.377 e. The molecule has 0 spiro atoms. The fraction of sp³-hybridized carbons (Fsp3) is 0.500. The number of hydrogen-bond acceptors (Lipinski definition) is 2. The first kappa shape index (κ1) is 12.1. The van der Waals surface area contributed by atoms with Crippen molar-refractivity contribution in [2.45, 2.75) is 32.4 Å². The summed E-state index contributed by atoms with van der Waals surface area (Å²) in [5.41, 5.74) is 6.35. The van der Waals surface area contributed by atoms with Gasteiger partial charge in [-0.15, -0.1) is 0 Å². The molecule has 2 atom stereocenters. The largest absolute Gasteiger partial charge is 0.377 e. The molecule has 0 bridgehead atoms. The summed E-state index contributed by atoms with van der Waals surface area (Å²) in [4.78, 5) is 0. The lowest BCUT2D eigenvalue weighted by Gasteiger charge is -2.16. The lowest BCUT2D eigenvalue weighted by molar-refractivity contribution is 0.0534. The van der Waals surface area contributed by atoms with Crippen molar-refractivity contribution < 1.29 is 9.13 Å².